The zero-order valence-corrected chi connectivity index (χ0v) is 12.8. The molecule has 0 radical (unpaired) electrons. The summed E-state index contributed by atoms with van der Waals surface area (Å²) in [6.07, 6.45) is 0. The van der Waals surface area contributed by atoms with Crippen molar-refractivity contribution >= 4 is 10.0 Å². The van der Waals surface area contributed by atoms with Crippen LogP contribution in [0.1, 0.15) is 30.5 Å². The summed E-state index contributed by atoms with van der Waals surface area (Å²) in [5.41, 5.74) is 2.42. The van der Waals surface area contributed by atoms with Crippen molar-refractivity contribution in [1.82, 2.24) is 4.72 Å². The average molecular weight is 280 g/mol. The van der Waals surface area contributed by atoms with E-state index in [4.69, 9.17) is 5.26 Å². The third-order valence-electron chi connectivity index (χ3n) is 2.96. The molecular formula is C14H20N2O2S. The highest BCUT2D eigenvalue weighted by Gasteiger charge is 2.25. The summed E-state index contributed by atoms with van der Waals surface area (Å²) in [4.78, 5) is 0.277. The summed E-state index contributed by atoms with van der Waals surface area (Å²) in [5.74, 6) is -0.0779. The molecule has 0 fully saturated rings. The van der Waals surface area contributed by atoms with Crippen molar-refractivity contribution in [3.05, 3.63) is 28.8 Å². The summed E-state index contributed by atoms with van der Waals surface area (Å²) < 4.78 is 27.3. The van der Waals surface area contributed by atoms with Crippen molar-refractivity contribution in [3.63, 3.8) is 0 Å². The number of nitrogens with one attached hydrogen (secondary N) is 1. The fourth-order valence-corrected chi connectivity index (χ4v) is 3.87. The van der Waals surface area contributed by atoms with E-state index in [1.165, 1.54) is 0 Å². The lowest BCUT2D eigenvalue weighted by Gasteiger charge is -2.18. The van der Waals surface area contributed by atoms with Crippen molar-refractivity contribution in [3.8, 4) is 6.07 Å². The van der Waals surface area contributed by atoms with Crippen LogP contribution in [0.3, 0.4) is 0 Å². The van der Waals surface area contributed by atoms with Gasteiger partial charge in [-0.1, -0.05) is 31.5 Å². The average Bonchev–Trinajstić information content (AvgIpc) is 2.23. The van der Waals surface area contributed by atoms with E-state index in [0.29, 0.717) is 11.1 Å². The lowest BCUT2D eigenvalue weighted by molar-refractivity contribution is 0.514. The molecule has 104 valence electrons. The molecule has 1 aromatic carbocycles. The highest BCUT2D eigenvalue weighted by Crippen LogP contribution is 2.22. The van der Waals surface area contributed by atoms with Gasteiger partial charge in [-0.3, -0.25) is 0 Å². The first-order valence-corrected chi connectivity index (χ1v) is 7.67. The van der Waals surface area contributed by atoms with Gasteiger partial charge < -0.3 is 0 Å². The van der Waals surface area contributed by atoms with Crippen molar-refractivity contribution in [2.45, 2.75) is 45.6 Å². The maximum absolute atomic E-state index is 12.4. The topological polar surface area (TPSA) is 70.0 Å². The maximum atomic E-state index is 12.4. The Kier molecular flexibility index (Phi) is 4.72. The highest BCUT2D eigenvalue weighted by atomic mass is 32.2. The fraction of sp³-hybridized carbons (Fsp3) is 0.500. The van der Waals surface area contributed by atoms with E-state index in [-0.39, 0.29) is 10.8 Å². The number of sulfonamides is 1. The summed E-state index contributed by atoms with van der Waals surface area (Å²) in [7, 11) is -3.67. The number of aryl methyl sites for hydroxylation is 3. The Balaban J connectivity index is 3.26. The standard InChI is InChI=1S/C14H20N2O2S/c1-9(2)13(8-15)16-19(17,18)14-11(4)6-10(3)7-12(14)5/h6-7,9,13,16H,1-5H3. The van der Waals surface area contributed by atoms with Crippen molar-refractivity contribution in [1.29, 1.82) is 5.26 Å². The largest absolute Gasteiger partial charge is 0.242 e. The quantitative estimate of drug-likeness (QED) is 0.921. The number of hydrogen-bond acceptors (Lipinski definition) is 3. The van der Waals surface area contributed by atoms with Crippen molar-refractivity contribution in [2.75, 3.05) is 0 Å². The Bertz CT molecular complexity index is 590. The fourth-order valence-electron chi connectivity index (χ4n) is 2.13. The molecule has 0 aliphatic carbocycles. The van der Waals surface area contributed by atoms with Crippen LogP contribution in [0.5, 0.6) is 0 Å². The van der Waals surface area contributed by atoms with Crippen LogP contribution in [0.2, 0.25) is 0 Å². The van der Waals surface area contributed by atoms with Crippen LogP contribution in [0.15, 0.2) is 17.0 Å². The number of hydrogen-bond donors (Lipinski definition) is 1. The highest BCUT2D eigenvalue weighted by molar-refractivity contribution is 7.89. The van der Waals surface area contributed by atoms with Crippen LogP contribution in [0.4, 0.5) is 0 Å². The monoisotopic (exact) mass is 280 g/mol. The summed E-state index contributed by atoms with van der Waals surface area (Å²) in [6.45, 7) is 9.09. The Morgan fingerprint density at radius 3 is 2.00 bits per heavy atom. The molecule has 0 amide bonds. The van der Waals surface area contributed by atoms with Gasteiger partial charge in [-0.05, 0) is 37.8 Å². The molecule has 1 atom stereocenters. The van der Waals surface area contributed by atoms with Crippen molar-refractivity contribution in [2.24, 2.45) is 5.92 Å². The molecule has 1 rings (SSSR count). The first kappa shape index (κ1) is 15.7. The molecule has 0 bridgehead atoms. The molecule has 1 N–H and O–H groups in total. The van der Waals surface area contributed by atoms with Gasteiger partial charge in [0.25, 0.3) is 0 Å². The normalized spacial score (nSPS) is 13.3. The lowest BCUT2D eigenvalue weighted by Crippen LogP contribution is -2.37. The van der Waals surface area contributed by atoms with Crippen LogP contribution in [0.25, 0.3) is 0 Å². The van der Waals surface area contributed by atoms with Gasteiger partial charge in [-0.25, -0.2) is 8.42 Å². The lowest BCUT2D eigenvalue weighted by atomic mass is 10.1. The van der Waals surface area contributed by atoms with Gasteiger partial charge in [0.1, 0.15) is 6.04 Å². The predicted molar refractivity (Wildman–Crippen MR) is 75.2 cm³/mol. The summed E-state index contributed by atoms with van der Waals surface area (Å²) >= 11 is 0. The zero-order valence-electron chi connectivity index (χ0n) is 12.0. The molecule has 4 nitrogen and oxygen atoms in total. The molecule has 0 saturated heterocycles. The van der Waals surface area contributed by atoms with Gasteiger partial charge in [-0.2, -0.15) is 9.98 Å². The Morgan fingerprint density at radius 2 is 1.63 bits per heavy atom. The van der Waals surface area contributed by atoms with Crippen LogP contribution in [-0.2, 0) is 10.0 Å². The Labute approximate surface area is 115 Å². The molecule has 19 heavy (non-hydrogen) atoms. The van der Waals surface area contributed by atoms with Crippen molar-refractivity contribution < 1.29 is 8.42 Å². The number of nitriles is 1. The van der Waals surface area contributed by atoms with E-state index < -0.39 is 16.1 Å². The molecule has 0 aliphatic rings. The molecular weight excluding hydrogens is 260 g/mol. The van der Waals surface area contributed by atoms with Gasteiger partial charge in [0.05, 0.1) is 11.0 Å². The first-order valence-electron chi connectivity index (χ1n) is 6.19. The molecule has 0 aliphatic heterocycles. The minimum atomic E-state index is -3.67. The van der Waals surface area contributed by atoms with E-state index in [0.717, 1.165) is 5.56 Å². The summed E-state index contributed by atoms with van der Waals surface area (Å²) in [6, 6.07) is 4.93. The number of nitrogens with zero attached hydrogens (tertiary/aromatic N) is 1. The van der Waals surface area contributed by atoms with E-state index in [1.54, 1.807) is 13.8 Å². The zero-order chi connectivity index (χ0) is 14.8. The minimum Gasteiger partial charge on any atom is -0.207 e. The molecule has 1 aromatic rings. The second-order valence-corrected chi connectivity index (χ2v) is 6.85. The van der Waals surface area contributed by atoms with E-state index in [2.05, 4.69) is 4.72 Å². The van der Waals surface area contributed by atoms with E-state index >= 15 is 0 Å². The smallest absolute Gasteiger partial charge is 0.207 e. The van der Waals surface area contributed by atoms with Crippen LogP contribution in [0, 0.1) is 38.0 Å². The molecule has 0 spiro atoms. The second kappa shape index (κ2) is 5.72. The van der Waals surface area contributed by atoms with Gasteiger partial charge >= 0.3 is 0 Å². The summed E-state index contributed by atoms with van der Waals surface area (Å²) in [5, 5.41) is 9.01. The maximum Gasteiger partial charge on any atom is 0.242 e. The van der Waals surface area contributed by atoms with Gasteiger partial charge in [0, 0.05) is 0 Å². The minimum absolute atomic E-state index is 0.0779. The van der Waals surface area contributed by atoms with E-state index in [1.807, 2.05) is 39.0 Å². The molecule has 0 aromatic heterocycles. The van der Waals surface area contributed by atoms with Crippen LogP contribution in [-0.4, -0.2) is 14.5 Å². The Morgan fingerprint density at radius 1 is 1.16 bits per heavy atom. The van der Waals surface area contributed by atoms with E-state index in [9.17, 15) is 8.42 Å². The first-order chi connectivity index (χ1) is 8.69. The van der Waals surface area contributed by atoms with Gasteiger partial charge in [-0.15, -0.1) is 0 Å². The SMILES string of the molecule is Cc1cc(C)c(S(=O)(=O)NC(C#N)C(C)C)c(C)c1. The van der Waals surface area contributed by atoms with Gasteiger partial charge in [0.15, 0.2) is 0 Å². The molecule has 5 heteroatoms. The number of rotatable bonds is 4. The van der Waals surface area contributed by atoms with Crippen LogP contribution < -0.4 is 4.72 Å². The Hall–Kier alpha value is -1.38. The molecule has 0 heterocycles. The third kappa shape index (κ3) is 3.55. The molecule has 0 saturated carbocycles. The van der Waals surface area contributed by atoms with Gasteiger partial charge in [0.2, 0.25) is 10.0 Å². The number of benzene rings is 1. The molecule has 1 unspecified atom stereocenters. The second-order valence-electron chi connectivity index (χ2n) is 5.20. The predicted octanol–water partition coefficient (Wildman–Crippen LogP) is 2.44. The van der Waals surface area contributed by atoms with Crippen LogP contribution >= 0.6 is 0 Å². The third-order valence-corrected chi connectivity index (χ3v) is 4.71.